The van der Waals surface area contributed by atoms with Gasteiger partial charge in [0, 0.05) is 11.1 Å². The van der Waals surface area contributed by atoms with Gasteiger partial charge in [0.1, 0.15) is 17.8 Å². The topological polar surface area (TPSA) is 91.0 Å². The molecule has 0 aliphatic heterocycles. The molecule has 0 radical (unpaired) electrons. The van der Waals surface area contributed by atoms with Crippen molar-refractivity contribution >= 4 is 35.4 Å². The molecule has 0 fully saturated rings. The summed E-state index contributed by atoms with van der Waals surface area (Å²) in [7, 11) is 0. The van der Waals surface area contributed by atoms with Crippen LogP contribution in [0.2, 0.25) is 0 Å². The number of rotatable bonds is 3. The second-order valence-electron chi connectivity index (χ2n) is 3.57. The summed E-state index contributed by atoms with van der Waals surface area (Å²) in [6.45, 7) is 2.06. The van der Waals surface area contributed by atoms with Crippen molar-refractivity contribution in [2.45, 2.75) is 18.2 Å². The number of carbonyl (C=O) groups excluding carboxylic acids is 1. The number of hydrogen-bond acceptors (Lipinski definition) is 7. The van der Waals surface area contributed by atoms with Crippen LogP contribution in [-0.2, 0) is 16.0 Å². The predicted octanol–water partition coefficient (Wildman–Crippen LogP) is 1.00. The molecular formula is C11H12N4O2S. The second kappa shape index (κ2) is 5.18. The van der Waals surface area contributed by atoms with Crippen molar-refractivity contribution in [2.24, 2.45) is 0 Å². The SMILES string of the molecule is CCOC(=O)Cc1nc(N)c2ncc(S)cc2n1. The van der Waals surface area contributed by atoms with E-state index in [1.54, 1.807) is 19.2 Å². The van der Waals surface area contributed by atoms with Crippen LogP contribution in [0.5, 0.6) is 0 Å². The van der Waals surface area contributed by atoms with Crippen molar-refractivity contribution in [3.8, 4) is 0 Å². The predicted molar refractivity (Wildman–Crippen MR) is 69.3 cm³/mol. The molecule has 7 heteroatoms. The van der Waals surface area contributed by atoms with Gasteiger partial charge in [-0.2, -0.15) is 0 Å². The first-order valence-electron chi connectivity index (χ1n) is 5.37. The number of anilines is 1. The van der Waals surface area contributed by atoms with Gasteiger partial charge in [-0.15, -0.1) is 12.6 Å². The lowest BCUT2D eigenvalue weighted by Gasteiger charge is -2.05. The number of pyridine rings is 1. The number of nitrogen functional groups attached to an aromatic ring is 1. The van der Waals surface area contributed by atoms with Crippen molar-refractivity contribution in [3.05, 3.63) is 18.1 Å². The lowest BCUT2D eigenvalue weighted by Crippen LogP contribution is -2.11. The fourth-order valence-electron chi connectivity index (χ4n) is 1.50. The van der Waals surface area contributed by atoms with E-state index in [9.17, 15) is 4.79 Å². The average molecular weight is 264 g/mol. The Morgan fingerprint density at radius 1 is 1.50 bits per heavy atom. The highest BCUT2D eigenvalue weighted by Gasteiger charge is 2.11. The van der Waals surface area contributed by atoms with E-state index >= 15 is 0 Å². The number of nitrogens with zero attached hydrogens (tertiary/aromatic N) is 3. The fraction of sp³-hybridized carbons (Fsp3) is 0.273. The van der Waals surface area contributed by atoms with Crippen LogP contribution in [0, 0.1) is 0 Å². The largest absolute Gasteiger partial charge is 0.466 e. The van der Waals surface area contributed by atoms with Crippen LogP contribution in [0.4, 0.5) is 5.82 Å². The summed E-state index contributed by atoms with van der Waals surface area (Å²) in [5, 5.41) is 0. The normalized spacial score (nSPS) is 10.6. The summed E-state index contributed by atoms with van der Waals surface area (Å²) in [4.78, 5) is 24.4. The molecule has 2 heterocycles. The number of esters is 1. The maximum atomic E-state index is 11.4. The van der Waals surface area contributed by atoms with E-state index in [0.29, 0.717) is 28.4 Å². The molecule has 2 aromatic rings. The van der Waals surface area contributed by atoms with Crippen LogP contribution < -0.4 is 5.73 Å². The summed E-state index contributed by atoms with van der Waals surface area (Å²) >= 11 is 4.18. The first-order valence-corrected chi connectivity index (χ1v) is 5.81. The summed E-state index contributed by atoms with van der Waals surface area (Å²) in [6, 6.07) is 1.72. The molecule has 2 aromatic heterocycles. The molecular weight excluding hydrogens is 252 g/mol. The first-order chi connectivity index (χ1) is 8.60. The van der Waals surface area contributed by atoms with E-state index in [1.165, 1.54) is 0 Å². The Bertz CT molecular complexity index is 603. The van der Waals surface area contributed by atoms with Gasteiger partial charge in [0.25, 0.3) is 0 Å². The molecule has 0 aliphatic rings. The zero-order chi connectivity index (χ0) is 13.1. The minimum Gasteiger partial charge on any atom is -0.466 e. The maximum absolute atomic E-state index is 11.4. The van der Waals surface area contributed by atoms with Crippen molar-refractivity contribution in [1.29, 1.82) is 0 Å². The van der Waals surface area contributed by atoms with E-state index in [-0.39, 0.29) is 18.2 Å². The Balaban J connectivity index is 2.38. The Morgan fingerprint density at radius 2 is 2.28 bits per heavy atom. The van der Waals surface area contributed by atoms with Gasteiger partial charge in [-0.25, -0.2) is 15.0 Å². The van der Waals surface area contributed by atoms with E-state index < -0.39 is 0 Å². The van der Waals surface area contributed by atoms with Crippen molar-refractivity contribution in [2.75, 3.05) is 12.3 Å². The van der Waals surface area contributed by atoms with Crippen LogP contribution in [0.1, 0.15) is 12.7 Å². The van der Waals surface area contributed by atoms with Gasteiger partial charge in [-0.05, 0) is 13.0 Å². The van der Waals surface area contributed by atoms with Gasteiger partial charge in [0.05, 0.1) is 12.1 Å². The lowest BCUT2D eigenvalue weighted by atomic mass is 10.3. The second-order valence-corrected chi connectivity index (χ2v) is 4.08. The van der Waals surface area contributed by atoms with E-state index in [2.05, 4.69) is 27.6 Å². The average Bonchev–Trinajstić information content (AvgIpc) is 2.28. The summed E-state index contributed by atoms with van der Waals surface area (Å²) in [6.07, 6.45) is 1.56. The van der Waals surface area contributed by atoms with E-state index in [1.807, 2.05) is 0 Å². The zero-order valence-corrected chi connectivity index (χ0v) is 10.6. The third-order valence-electron chi connectivity index (χ3n) is 2.20. The number of ether oxygens (including phenoxy) is 1. The minimum absolute atomic E-state index is 0.00915. The smallest absolute Gasteiger partial charge is 0.313 e. The third-order valence-corrected chi connectivity index (χ3v) is 2.45. The molecule has 2 rings (SSSR count). The van der Waals surface area contributed by atoms with Crippen LogP contribution in [0.15, 0.2) is 17.2 Å². The molecule has 0 unspecified atom stereocenters. The number of hydrogen-bond donors (Lipinski definition) is 2. The number of nitrogens with two attached hydrogens (primary N) is 1. The summed E-state index contributed by atoms with van der Waals surface area (Å²) in [5.41, 5.74) is 6.83. The lowest BCUT2D eigenvalue weighted by molar-refractivity contribution is -0.142. The molecule has 0 saturated heterocycles. The van der Waals surface area contributed by atoms with Gasteiger partial charge in [-0.1, -0.05) is 0 Å². The Kier molecular flexibility index (Phi) is 3.61. The van der Waals surface area contributed by atoms with Gasteiger partial charge in [0.2, 0.25) is 0 Å². The third kappa shape index (κ3) is 2.67. The Labute approximate surface area is 109 Å². The molecule has 2 N–H and O–H groups in total. The van der Waals surface area contributed by atoms with Crippen molar-refractivity contribution in [1.82, 2.24) is 15.0 Å². The standard InChI is InChI=1S/C11H12N4O2S/c1-2-17-9(16)4-8-14-7-3-6(18)5-13-10(7)11(12)15-8/h3,5,18H,2,4H2,1H3,(H2,12,14,15). The highest BCUT2D eigenvalue weighted by Crippen LogP contribution is 2.18. The first kappa shape index (κ1) is 12.6. The fourth-order valence-corrected chi connectivity index (χ4v) is 1.68. The summed E-state index contributed by atoms with van der Waals surface area (Å²) in [5.74, 6) is 0.179. The van der Waals surface area contributed by atoms with Gasteiger partial charge in [0.15, 0.2) is 5.82 Å². The quantitative estimate of drug-likeness (QED) is 0.635. The monoisotopic (exact) mass is 264 g/mol. The van der Waals surface area contributed by atoms with E-state index in [4.69, 9.17) is 10.5 Å². The highest BCUT2D eigenvalue weighted by molar-refractivity contribution is 7.80. The van der Waals surface area contributed by atoms with Gasteiger partial charge >= 0.3 is 5.97 Å². The molecule has 0 spiro atoms. The number of aromatic nitrogens is 3. The highest BCUT2D eigenvalue weighted by atomic mass is 32.1. The van der Waals surface area contributed by atoms with Crippen LogP contribution in [0.25, 0.3) is 11.0 Å². The molecule has 94 valence electrons. The Morgan fingerprint density at radius 3 is 3.00 bits per heavy atom. The van der Waals surface area contributed by atoms with Crippen LogP contribution in [-0.4, -0.2) is 27.5 Å². The molecule has 0 bridgehead atoms. The molecule has 0 aliphatic carbocycles. The van der Waals surface area contributed by atoms with Gasteiger partial charge in [-0.3, -0.25) is 4.79 Å². The molecule has 18 heavy (non-hydrogen) atoms. The molecule has 0 aromatic carbocycles. The minimum atomic E-state index is -0.383. The van der Waals surface area contributed by atoms with Crippen LogP contribution in [0.3, 0.4) is 0 Å². The zero-order valence-electron chi connectivity index (χ0n) is 9.75. The number of thiol groups is 1. The van der Waals surface area contributed by atoms with E-state index in [0.717, 1.165) is 0 Å². The van der Waals surface area contributed by atoms with Crippen molar-refractivity contribution < 1.29 is 9.53 Å². The molecule has 6 nitrogen and oxygen atoms in total. The summed E-state index contributed by atoms with van der Waals surface area (Å²) < 4.78 is 4.83. The molecule has 0 amide bonds. The molecule has 0 saturated carbocycles. The van der Waals surface area contributed by atoms with Gasteiger partial charge < -0.3 is 10.5 Å². The number of fused-ring (bicyclic) bond motifs is 1. The number of carbonyl (C=O) groups is 1. The maximum Gasteiger partial charge on any atom is 0.313 e. The Hall–Kier alpha value is -1.89. The molecule has 0 atom stereocenters. The van der Waals surface area contributed by atoms with Crippen molar-refractivity contribution in [3.63, 3.8) is 0 Å². The van der Waals surface area contributed by atoms with Crippen LogP contribution >= 0.6 is 12.6 Å².